The van der Waals surface area contributed by atoms with Gasteiger partial charge in [0, 0.05) is 12.5 Å². The van der Waals surface area contributed by atoms with Gasteiger partial charge in [0.2, 0.25) is 5.91 Å². The molecule has 118 valence electrons. The Balaban J connectivity index is 1.89. The molecule has 0 saturated carbocycles. The van der Waals surface area contributed by atoms with E-state index in [0.717, 1.165) is 18.0 Å². The van der Waals surface area contributed by atoms with E-state index < -0.39 is 0 Å². The van der Waals surface area contributed by atoms with Gasteiger partial charge in [0.25, 0.3) is 5.91 Å². The number of carbonyl (C=O) groups excluding carboxylic acids is 3. The zero-order valence-electron chi connectivity index (χ0n) is 13.0. The summed E-state index contributed by atoms with van der Waals surface area (Å²) in [4.78, 5) is 37.9. The van der Waals surface area contributed by atoms with Gasteiger partial charge in [-0.2, -0.15) is 0 Å². The average molecular weight is 304 g/mol. The minimum absolute atomic E-state index is 0.0710. The molecule has 1 saturated heterocycles. The van der Waals surface area contributed by atoms with Crippen LogP contribution in [0.25, 0.3) is 0 Å². The number of benzene rings is 1. The number of rotatable bonds is 4. The largest absolute Gasteiger partial charge is 0.332 e. The topological polar surface area (TPSA) is 70.9 Å². The first-order chi connectivity index (χ1) is 10.5. The predicted molar refractivity (Wildman–Crippen MR) is 82.9 cm³/mol. The SMILES string of the molecule is CC(=O)c1ccccc1NC(=O)C[NH+]1CCN(C(C)=O)CC1. The Labute approximate surface area is 130 Å². The molecular weight excluding hydrogens is 282 g/mol. The molecule has 1 fully saturated rings. The van der Waals surface area contributed by atoms with Crippen molar-refractivity contribution in [3.05, 3.63) is 29.8 Å². The van der Waals surface area contributed by atoms with Gasteiger partial charge >= 0.3 is 0 Å². The molecular formula is C16H22N3O3+. The van der Waals surface area contributed by atoms with Crippen LogP contribution in [0, 0.1) is 0 Å². The van der Waals surface area contributed by atoms with Crippen molar-refractivity contribution in [1.29, 1.82) is 0 Å². The fourth-order valence-corrected chi connectivity index (χ4v) is 2.64. The van der Waals surface area contributed by atoms with Crippen molar-refractivity contribution in [2.24, 2.45) is 0 Å². The quantitative estimate of drug-likeness (QED) is 0.742. The lowest BCUT2D eigenvalue weighted by atomic mass is 10.1. The minimum Gasteiger partial charge on any atom is -0.332 e. The van der Waals surface area contributed by atoms with E-state index in [1.54, 1.807) is 36.1 Å². The Bertz CT molecular complexity index is 578. The number of carbonyl (C=O) groups is 3. The number of para-hydroxylation sites is 1. The number of Topliss-reactive ketones (excluding diaryl/α,β-unsaturated/α-hetero) is 1. The highest BCUT2D eigenvalue weighted by atomic mass is 16.2. The first kappa shape index (κ1) is 16.2. The molecule has 0 aromatic heterocycles. The molecule has 2 amide bonds. The highest BCUT2D eigenvalue weighted by Crippen LogP contribution is 2.15. The monoisotopic (exact) mass is 304 g/mol. The van der Waals surface area contributed by atoms with Crippen LogP contribution in [0.4, 0.5) is 5.69 Å². The number of hydrogen-bond donors (Lipinski definition) is 2. The van der Waals surface area contributed by atoms with Crippen molar-refractivity contribution in [1.82, 2.24) is 4.90 Å². The van der Waals surface area contributed by atoms with Crippen molar-refractivity contribution in [2.45, 2.75) is 13.8 Å². The molecule has 2 N–H and O–H groups in total. The van der Waals surface area contributed by atoms with Crippen molar-refractivity contribution >= 4 is 23.3 Å². The summed E-state index contributed by atoms with van der Waals surface area (Å²) in [5, 5.41) is 2.81. The van der Waals surface area contributed by atoms with E-state index in [1.807, 2.05) is 0 Å². The Morgan fingerprint density at radius 3 is 2.36 bits per heavy atom. The van der Waals surface area contributed by atoms with Gasteiger partial charge in [0.15, 0.2) is 12.3 Å². The second-order valence-corrected chi connectivity index (χ2v) is 5.58. The fourth-order valence-electron chi connectivity index (χ4n) is 2.64. The van der Waals surface area contributed by atoms with Crippen LogP contribution in [-0.2, 0) is 9.59 Å². The molecule has 1 aromatic carbocycles. The Morgan fingerprint density at radius 2 is 1.77 bits per heavy atom. The summed E-state index contributed by atoms with van der Waals surface area (Å²) in [5.74, 6) is -0.0998. The van der Waals surface area contributed by atoms with Crippen LogP contribution in [0.2, 0.25) is 0 Å². The Kier molecular flexibility index (Phi) is 5.27. The molecule has 2 rings (SSSR count). The molecule has 1 aliphatic heterocycles. The predicted octanol–water partition coefficient (Wildman–Crippen LogP) is -0.425. The number of quaternary nitrogens is 1. The first-order valence-electron chi connectivity index (χ1n) is 7.46. The van der Waals surface area contributed by atoms with E-state index >= 15 is 0 Å². The molecule has 0 aliphatic carbocycles. The molecule has 0 bridgehead atoms. The highest BCUT2D eigenvalue weighted by Gasteiger charge is 2.23. The summed E-state index contributed by atoms with van der Waals surface area (Å²) < 4.78 is 0. The maximum atomic E-state index is 12.1. The summed E-state index contributed by atoms with van der Waals surface area (Å²) in [6.45, 7) is 6.29. The summed E-state index contributed by atoms with van der Waals surface area (Å²) in [6, 6.07) is 7.01. The van der Waals surface area contributed by atoms with Gasteiger partial charge < -0.3 is 15.1 Å². The maximum Gasteiger partial charge on any atom is 0.279 e. The third kappa shape index (κ3) is 4.14. The molecule has 1 aliphatic rings. The van der Waals surface area contributed by atoms with Gasteiger partial charge in [-0.25, -0.2) is 0 Å². The summed E-state index contributed by atoms with van der Waals surface area (Å²) in [5.41, 5.74) is 1.08. The zero-order chi connectivity index (χ0) is 16.1. The fraction of sp³-hybridized carbons (Fsp3) is 0.438. The van der Waals surface area contributed by atoms with Gasteiger partial charge in [-0.05, 0) is 19.1 Å². The second kappa shape index (κ2) is 7.17. The Hall–Kier alpha value is -2.21. The highest BCUT2D eigenvalue weighted by molar-refractivity contribution is 6.03. The molecule has 0 spiro atoms. The molecule has 6 heteroatoms. The van der Waals surface area contributed by atoms with Crippen molar-refractivity contribution < 1.29 is 19.3 Å². The lowest BCUT2D eigenvalue weighted by molar-refractivity contribution is -0.895. The van der Waals surface area contributed by atoms with E-state index in [0.29, 0.717) is 30.9 Å². The van der Waals surface area contributed by atoms with Crippen LogP contribution in [0.3, 0.4) is 0 Å². The van der Waals surface area contributed by atoms with Crippen molar-refractivity contribution in [3.63, 3.8) is 0 Å². The summed E-state index contributed by atoms with van der Waals surface area (Å²) in [7, 11) is 0. The summed E-state index contributed by atoms with van der Waals surface area (Å²) >= 11 is 0. The third-order valence-electron chi connectivity index (χ3n) is 3.91. The van der Waals surface area contributed by atoms with Gasteiger partial charge in [-0.15, -0.1) is 0 Å². The van der Waals surface area contributed by atoms with Gasteiger partial charge in [0.1, 0.15) is 0 Å². The number of anilines is 1. The number of amides is 2. The molecule has 6 nitrogen and oxygen atoms in total. The van der Waals surface area contributed by atoms with Gasteiger partial charge in [-0.1, -0.05) is 12.1 Å². The van der Waals surface area contributed by atoms with E-state index in [4.69, 9.17) is 0 Å². The molecule has 1 aromatic rings. The van der Waals surface area contributed by atoms with Gasteiger partial charge in [0.05, 0.1) is 31.9 Å². The van der Waals surface area contributed by atoms with Crippen LogP contribution in [-0.4, -0.2) is 55.2 Å². The molecule has 0 unspecified atom stereocenters. The minimum atomic E-state index is -0.111. The second-order valence-electron chi connectivity index (χ2n) is 5.58. The lowest BCUT2D eigenvalue weighted by Gasteiger charge is -2.31. The third-order valence-corrected chi connectivity index (χ3v) is 3.91. The molecule has 22 heavy (non-hydrogen) atoms. The van der Waals surface area contributed by atoms with Crippen LogP contribution < -0.4 is 10.2 Å². The number of hydrogen-bond acceptors (Lipinski definition) is 3. The smallest absolute Gasteiger partial charge is 0.279 e. The maximum absolute atomic E-state index is 12.1. The van der Waals surface area contributed by atoms with E-state index in [2.05, 4.69) is 5.32 Å². The average Bonchev–Trinajstić information content (AvgIpc) is 2.48. The number of piperazine rings is 1. The molecule has 1 heterocycles. The van der Waals surface area contributed by atoms with Crippen LogP contribution in [0.15, 0.2) is 24.3 Å². The van der Waals surface area contributed by atoms with Gasteiger partial charge in [-0.3, -0.25) is 14.4 Å². The Morgan fingerprint density at radius 1 is 1.14 bits per heavy atom. The standard InChI is InChI=1S/C16H21N3O3/c1-12(20)14-5-3-4-6-15(14)17-16(22)11-18-7-9-19(10-8-18)13(2)21/h3-6H,7-11H2,1-2H3,(H,17,22)/p+1. The first-order valence-corrected chi connectivity index (χ1v) is 7.46. The van der Waals surface area contributed by atoms with Crippen LogP contribution in [0.1, 0.15) is 24.2 Å². The van der Waals surface area contributed by atoms with E-state index in [-0.39, 0.29) is 17.6 Å². The number of nitrogens with one attached hydrogen (secondary N) is 2. The van der Waals surface area contributed by atoms with Crippen LogP contribution in [0.5, 0.6) is 0 Å². The van der Waals surface area contributed by atoms with Crippen LogP contribution >= 0.6 is 0 Å². The number of nitrogens with zero attached hydrogens (tertiary/aromatic N) is 1. The molecule has 0 radical (unpaired) electrons. The zero-order valence-corrected chi connectivity index (χ0v) is 13.0. The van der Waals surface area contributed by atoms with Crippen molar-refractivity contribution in [3.8, 4) is 0 Å². The molecule has 0 atom stereocenters. The lowest BCUT2D eigenvalue weighted by Crippen LogP contribution is -3.15. The normalized spacial score (nSPS) is 15.5. The van der Waals surface area contributed by atoms with Crippen molar-refractivity contribution in [2.75, 3.05) is 38.0 Å². The summed E-state index contributed by atoms with van der Waals surface area (Å²) in [6.07, 6.45) is 0. The number of ketones is 1. The van der Waals surface area contributed by atoms with E-state index in [9.17, 15) is 14.4 Å². The van der Waals surface area contributed by atoms with E-state index in [1.165, 1.54) is 6.92 Å².